The van der Waals surface area contributed by atoms with Crippen LogP contribution in [0.15, 0.2) is 71.8 Å². The molecule has 0 fully saturated rings. The number of rotatable bonds is 4. The largest absolute Gasteiger partial charge is 0.416 e. The van der Waals surface area contributed by atoms with Crippen molar-refractivity contribution in [2.24, 2.45) is 7.05 Å². The number of aromatic nitrogens is 4. The van der Waals surface area contributed by atoms with Crippen LogP contribution in [0.2, 0.25) is 0 Å². The molecule has 0 saturated heterocycles. The molecule has 4 rings (SSSR count). The standard InChI is InChI=1S/C23H18F3N5O2/c1-14-11-19(32)20(29-31(14)18-8-4-6-16(13-18)23(24,25)26)22(33)28-17-7-3-5-15(12-17)21-27-9-10-30(21)2/h3-13H,1-2H3,(H,28,33). The molecule has 2 aromatic heterocycles. The summed E-state index contributed by atoms with van der Waals surface area (Å²) in [5.74, 6) is -0.0934. The number of alkyl halides is 3. The SMILES string of the molecule is Cc1cc(=O)c(C(=O)Nc2cccc(-c3nccn3C)c2)nn1-c1cccc(C(F)(F)F)c1. The maximum absolute atomic E-state index is 13.1. The fourth-order valence-electron chi connectivity index (χ4n) is 3.35. The van der Waals surface area contributed by atoms with Gasteiger partial charge in [0.15, 0.2) is 5.69 Å². The molecule has 0 saturated carbocycles. The predicted octanol–water partition coefficient (Wildman–Crippen LogP) is 4.21. The molecule has 4 aromatic rings. The minimum absolute atomic E-state index is 0.0770. The first kappa shape index (κ1) is 22.0. The number of imidazole rings is 1. The van der Waals surface area contributed by atoms with Gasteiger partial charge in [0.25, 0.3) is 5.91 Å². The number of anilines is 1. The minimum atomic E-state index is -4.54. The van der Waals surface area contributed by atoms with Crippen molar-refractivity contribution in [1.29, 1.82) is 0 Å². The Hall–Kier alpha value is -4.21. The number of carbonyl (C=O) groups is 1. The van der Waals surface area contributed by atoms with Crippen molar-refractivity contribution in [1.82, 2.24) is 19.3 Å². The maximum atomic E-state index is 13.1. The molecule has 168 valence electrons. The second-order valence-corrected chi connectivity index (χ2v) is 7.36. The van der Waals surface area contributed by atoms with Crippen LogP contribution in [0.25, 0.3) is 17.1 Å². The average Bonchev–Trinajstić information content (AvgIpc) is 3.19. The first-order valence-corrected chi connectivity index (χ1v) is 9.81. The molecule has 0 bridgehead atoms. The van der Waals surface area contributed by atoms with E-state index in [4.69, 9.17) is 0 Å². The van der Waals surface area contributed by atoms with Gasteiger partial charge in [0.1, 0.15) is 5.82 Å². The molecule has 1 N–H and O–H groups in total. The van der Waals surface area contributed by atoms with Crippen LogP contribution < -0.4 is 10.7 Å². The van der Waals surface area contributed by atoms with Crippen molar-refractivity contribution in [3.63, 3.8) is 0 Å². The predicted molar refractivity (Wildman–Crippen MR) is 116 cm³/mol. The zero-order valence-electron chi connectivity index (χ0n) is 17.6. The second kappa shape index (κ2) is 8.38. The molecule has 2 aromatic carbocycles. The zero-order valence-corrected chi connectivity index (χ0v) is 17.6. The fraction of sp³-hybridized carbons (Fsp3) is 0.130. The molecule has 0 aliphatic carbocycles. The van der Waals surface area contributed by atoms with E-state index in [-0.39, 0.29) is 11.4 Å². The molecule has 0 aliphatic heterocycles. The summed E-state index contributed by atoms with van der Waals surface area (Å²) in [6.07, 6.45) is -1.11. The van der Waals surface area contributed by atoms with Crippen molar-refractivity contribution in [2.75, 3.05) is 5.32 Å². The highest BCUT2D eigenvalue weighted by Crippen LogP contribution is 2.30. The molecule has 0 radical (unpaired) electrons. The summed E-state index contributed by atoms with van der Waals surface area (Å²) in [7, 11) is 1.83. The maximum Gasteiger partial charge on any atom is 0.416 e. The van der Waals surface area contributed by atoms with Crippen LogP contribution in [0.1, 0.15) is 21.7 Å². The van der Waals surface area contributed by atoms with E-state index in [9.17, 15) is 22.8 Å². The van der Waals surface area contributed by atoms with Crippen LogP contribution in [0.5, 0.6) is 0 Å². The minimum Gasteiger partial charge on any atom is -0.334 e. The zero-order chi connectivity index (χ0) is 23.8. The van der Waals surface area contributed by atoms with Gasteiger partial charge in [-0.2, -0.15) is 18.3 Å². The lowest BCUT2D eigenvalue weighted by Gasteiger charge is -2.14. The highest BCUT2D eigenvalue weighted by molar-refractivity contribution is 6.03. The topological polar surface area (TPSA) is 81.8 Å². The number of hydrogen-bond donors (Lipinski definition) is 1. The van der Waals surface area contributed by atoms with E-state index in [0.29, 0.717) is 11.5 Å². The van der Waals surface area contributed by atoms with Gasteiger partial charge in [-0.3, -0.25) is 9.59 Å². The Bertz CT molecular complexity index is 1410. The lowest BCUT2D eigenvalue weighted by atomic mass is 10.2. The van der Waals surface area contributed by atoms with Crippen molar-refractivity contribution >= 4 is 11.6 Å². The third-order valence-corrected chi connectivity index (χ3v) is 4.94. The van der Waals surface area contributed by atoms with Crippen LogP contribution in [-0.4, -0.2) is 25.2 Å². The van der Waals surface area contributed by atoms with Crippen LogP contribution in [0.4, 0.5) is 18.9 Å². The fourth-order valence-corrected chi connectivity index (χ4v) is 3.35. The van der Waals surface area contributed by atoms with Crippen LogP contribution >= 0.6 is 0 Å². The van der Waals surface area contributed by atoms with Gasteiger partial charge >= 0.3 is 6.18 Å². The number of aryl methyl sites for hydroxylation is 2. The molecule has 7 nitrogen and oxygen atoms in total. The second-order valence-electron chi connectivity index (χ2n) is 7.36. The lowest BCUT2D eigenvalue weighted by Crippen LogP contribution is -2.27. The average molecular weight is 453 g/mol. The summed E-state index contributed by atoms with van der Waals surface area (Å²) in [4.78, 5) is 29.5. The van der Waals surface area contributed by atoms with Gasteiger partial charge < -0.3 is 9.88 Å². The molecule has 2 heterocycles. The highest BCUT2D eigenvalue weighted by Gasteiger charge is 2.30. The first-order valence-electron chi connectivity index (χ1n) is 9.81. The molecule has 0 aliphatic rings. The molecule has 33 heavy (non-hydrogen) atoms. The van der Waals surface area contributed by atoms with Crippen molar-refractivity contribution in [3.05, 3.63) is 94.2 Å². The van der Waals surface area contributed by atoms with E-state index >= 15 is 0 Å². The Morgan fingerprint density at radius 2 is 1.82 bits per heavy atom. The van der Waals surface area contributed by atoms with Crippen LogP contribution in [0.3, 0.4) is 0 Å². The molecule has 10 heteroatoms. The summed E-state index contributed by atoms with van der Waals surface area (Å²) < 4.78 is 42.3. The van der Waals surface area contributed by atoms with Crippen LogP contribution in [0, 0.1) is 6.92 Å². The normalized spacial score (nSPS) is 11.4. The number of carbonyl (C=O) groups excluding carboxylic acids is 1. The third kappa shape index (κ3) is 4.54. The summed E-state index contributed by atoms with van der Waals surface area (Å²) in [5, 5.41) is 6.68. The van der Waals surface area contributed by atoms with E-state index in [0.717, 1.165) is 28.4 Å². The van der Waals surface area contributed by atoms with Crippen molar-refractivity contribution in [2.45, 2.75) is 13.1 Å². The van der Waals surface area contributed by atoms with E-state index < -0.39 is 28.8 Å². The third-order valence-electron chi connectivity index (χ3n) is 4.94. The first-order chi connectivity index (χ1) is 15.6. The van der Waals surface area contributed by atoms with Crippen LogP contribution in [-0.2, 0) is 13.2 Å². The number of hydrogen-bond acceptors (Lipinski definition) is 4. The number of nitrogens with one attached hydrogen (secondary N) is 1. The molecule has 0 atom stereocenters. The van der Waals surface area contributed by atoms with E-state index in [1.165, 1.54) is 19.1 Å². The Labute approximate surface area is 186 Å². The van der Waals surface area contributed by atoms with Crippen molar-refractivity contribution < 1.29 is 18.0 Å². The summed E-state index contributed by atoms with van der Waals surface area (Å²) in [5.41, 5.74) is -0.432. The Balaban J connectivity index is 1.67. The van der Waals surface area contributed by atoms with Gasteiger partial charge in [-0.15, -0.1) is 0 Å². The van der Waals surface area contributed by atoms with Gasteiger partial charge in [-0.25, -0.2) is 9.67 Å². The van der Waals surface area contributed by atoms with Gasteiger partial charge in [-0.1, -0.05) is 18.2 Å². The van der Waals surface area contributed by atoms with Gasteiger partial charge in [-0.05, 0) is 37.3 Å². The number of nitrogens with zero attached hydrogens (tertiary/aromatic N) is 4. The molecular weight excluding hydrogens is 435 g/mol. The molecule has 1 amide bonds. The Morgan fingerprint density at radius 3 is 2.52 bits per heavy atom. The van der Waals surface area contributed by atoms with E-state index in [1.54, 1.807) is 30.6 Å². The Morgan fingerprint density at radius 1 is 1.06 bits per heavy atom. The smallest absolute Gasteiger partial charge is 0.334 e. The van der Waals surface area contributed by atoms with Gasteiger partial charge in [0, 0.05) is 42.5 Å². The molecular formula is C23H18F3N5O2. The summed E-state index contributed by atoms with van der Waals surface area (Å²) in [6.45, 7) is 1.52. The number of benzene rings is 2. The van der Waals surface area contributed by atoms with Crippen molar-refractivity contribution in [3.8, 4) is 17.1 Å². The van der Waals surface area contributed by atoms with E-state index in [2.05, 4.69) is 15.4 Å². The number of halogens is 3. The summed E-state index contributed by atoms with van der Waals surface area (Å²) in [6, 6.07) is 12.5. The van der Waals surface area contributed by atoms with Gasteiger partial charge in [0.2, 0.25) is 5.43 Å². The summed E-state index contributed by atoms with van der Waals surface area (Å²) >= 11 is 0. The monoisotopic (exact) mass is 453 g/mol. The number of amides is 1. The Kier molecular flexibility index (Phi) is 5.59. The van der Waals surface area contributed by atoms with Gasteiger partial charge in [0.05, 0.1) is 11.3 Å². The van der Waals surface area contributed by atoms with E-state index in [1.807, 2.05) is 17.7 Å². The lowest BCUT2D eigenvalue weighted by molar-refractivity contribution is -0.137. The molecule has 0 spiro atoms. The quantitative estimate of drug-likeness (QED) is 0.502. The molecule has 0 unspecified atom stereocenters. The highest BCUT2D eigenvalue weighted by atomic mass is 19.4.